The van der Waals surface area contributed by atoms with Crippen LogP contribution in [0.5, 0.6) is 0 Å². The van der Waals surface area contributed by atoms with Crippen LogP contribution in [0.2, 0.25) is 0 Å². The lowest BCUT2D eigenvalue weighted by Crippen LogP contribution is -2.49. The van der Waals surface area contributed by atoms with Gasteiger partial charge in [-0.1, -0.05) is 45.0 Å². The van der Waals surface area contributed by atoms with Crippen LogP contribution in [0.4, 0.5) is 0 Å². The largest absolute Gasteiger partial charge is 0.475 e. The number of morpholine rings is 1. The summed E-state index contributed by atoms with van der Waals surface area (Å²) in [5.41, 5.74) is 1.38. The highest BCUT2D eigenvalue weighted by molar-refractivity contribution is 6.43. The molecule has 32 heavy (non-hydrogen) atoms. The van der Waals surface area contributed by atoms with Crippen molar-refractivity contribution in [3.05, 3.63) is 47.5 Å². The van der Waals surface area contributed by atoms with Gasteiger partial charge in [0.15, 0.2) is 0 Å². The minimum absolute atomic E-state index is 0.0606. The molecule has 0 unspecified atom stereocenters. The van der Waals surface area contributed by atoms with E-state index in [1.165, 1.54) is 0 Å². The highest BCUT2D eigenvalue weighted by atomic mass is 16.5. The molecule has 2 aromatic rings. The predicted molar refractivity (Wildman–Crippen MR) is 125 cm³/mol. The molecule has 2 amide bonds. The number of amides is 2. The van der Waals surface area contributed by atoms with Crippen molar-refractivity contribution in [1.82, 2.24) is 9.80 Å². The van der Waals surface area contributed by atoms with Crippen LogP contribution in [-0.4, -0.2) is 71.0 Å². The molecule has 0 aromatic heterocycles. The van der Waals surface area contributed by atoms with E-state index in [0.29, 0.717) is 38.3 Å². The van der Waals surface area contributed by atoms with Gasteiger partial charge in [-0.05, 0) is 40.8 Å². The molecule has 1 heterocycles. The van der Waals surface area contributed by atoms with E-state index in [2.05, 4.69) is 0 Å². The van der Waals surface area contributed by atoms with Crippen LogP contribution in [0.25, 0.3) is 10.8 Å². The zero-order valence-electron chi connectivity index (χ0n) is 19.2. The van der Waals surface area contributed by atoms with Crippen LogP contribution in [0, 0.1) is 5.92 Å². The second-order valence-electron chi connectivity index (χ2n) is 8.75. The Bertz CT molecular complexity index is 943. The van der Waals surface area contributed by atoms with Gasteiger partial charge in [0.05, 0.1) is 19.2 Å². The summed E-state index contributed by atoms with van der Waals surface area (Å²) in [5, 5.41) is 22.0. The average Bonchev–Trinajstić information content (AvgIpc) is 2.80. The van der Waals surface area contributed by atoms with Crippen LogP contribution in [0.15, 0.2) is 36.4 Å². The van der Waals surface area contributed by atoms with E-state index in [1.807, 2.05) is 50.2 Å². The smallest absolute Gasteiger partial charge is 0.426 e. The molecule has 1 saturated heterocycles. The molecule has 8 heteroatoms. The summed E-state index contributed by atoms with van der Waals surface area (Å²) in [6.07, 6.45) is 0.722. The van der Waals surface area contributed by atoms with Crippen molar-refractivity contribution in [3.8, 4) is 0 Å². The Balaban J connectivity index is 2.02. The van der Waals surface area contributed by atoms with Crippen molar-refractivity contribution >= 4 is 29.7 Å². The quantitative estimate of drug-likeness (QED) is 0.616. The summed E-state index contributed by atoms with van der Waals surface area (Å²) >= 11 is 0. The van der Waals surface area contributed by atoms with Crippen LogP contribution in [-0.2, 0) is 16.1 Å². The predicted octanol–water partition coefficient (Wildman–Crippen LogP) is 2.48. The molecular weight excluding hydrogens is 407 g/mol. The summed E-state index contributed by atoms with van der Waals surface area (Å²) in [5.74, 6) is -0.757. The Morgan fingerprint density at radius 3 is 2.47 bits per heavy atom. The third-order valence-corrected chi connectivity index (χ3v) is 5.91. The number of nitrogens with zero attached hydrogens (tertiary/aromatic N) is 2. The molecule has 0 bridgehead atoms. The molecule has 1 aliphatic rings. The second kappa shape index (κ2) is 10.9. The number of fused-ring (bicyclic) bond motifs is 1. The minimum Gasteiger partial charge on any atom is -0.426 e. The fraction of sp³-hybridized carbons (Fsp3) is 0.500. The monoisotopic (exact) mass is 440 g/mol. The second-order valence-corrected chi connectivity index (χ2v) is 8.75. The van der Waals surface area contributed by atoms with Gasteiger partial charge in [-0.15, -0.1) is 0 Å². The van der Waals surface area contributed by atoms with Gasteiger partial charge in [-0.25, -0.2) is 0 Å². The Hall–Kier alpha value is -2.42. The van der Waals surface area contributed by atoms with Gasteiger partial charge in [-0.3, -0.25) is 9.59 Å². The van der Waals surface area contributed by atoms with Crippen LogP contribution in [0.3, 0.4) is 0 Å². The van der Waals surface area contributed by atoms with Crippen molar-refractivity contribution in [2.75, 3.05) is 26.3 Å². The Kier molecular flexibility index (Phi) is 8.29. The molecule has 2 N–H and O–H groups in total. The highest BCUT2D eigenvalue weighted by Crippen LogP contribution is 2.26. The van der Waals surface area contributed by atoms with E-state index in [1.54, 1.807) is 16.7 Å². The lowest BCUT2D eigenvalue weighted by Gasteiger charge is -2.33. The molecule has 0 saturated carbocycles. The number of benzene rings is 2. The molecule has 3 rings (SSSR count). The van der Waals surface area contributed by atoms with Crippen LogP contribution in [0.1, 0.15) is 49.5 Å². The van der Waals surface area contributed by atoms with Crippen molar-refractivity contribution in [3.63, 3.8) is 0 Å². The molecular formula is C24H33BN2O5. The molecule has 7 nitrogen and oxygen atoms in total. The summed E-state index contributed by atoms with van der Waals surface area (Å²) in [4.78, 5) is 29.4. The molecule has 0 spiro atoms. The lowest BCUT2D eigenvalue weighted by atomic mass is 9.73. The average molecular weight is 440 g/mol. The number of carbonyl (C=O) groups excluding carboxylic acids is 2. The SMILES string of the molecule is CCC(=O)N(Cc1cc(C(=O)N2CCOCC2)cc2ccccc12)[C@@H](CC(C)C)B(O)O. The molecule has 1 aliphatic heterocycles. The van der Waals surface area contributed by atoms with Gasteiger partial charge in [-0.2, -0.15) is 0 Å². The maximum Gasteiger partial charge on any atom is 0.475 e. The first-order valence-corrected chi connectivity index (χ1v) is 11.4. The van der Waals surface area contributed by atoms with Gasteiger partial charge in [0.25, 0.3) is 5.91 Å². The summed E-state index contributed by atoms with van der Waals surface area (Å²) in [6.45, 7) is 8.09. The minimum atomic E-state index is -1.64. The Morgan fingerprint density at radius 2 is 1.84 bits per heavy atom. The standard InChI is InChI=1S/C24H33BN2O5/c1-4-23(28)27(22(25(30)31)13-17(2)3)16-20-15-19(14-18-7-5-6-8-21(18)20)24(29)26-9-11-32-12-10-26/h5-8,14-15,17,22,30-31H,4,9-13,16H2,1-3H3/t22-/m0/s1. The van der Waals surface area contributed by atoms with Crippen molar-refractivity contribution in [1.29, 1.82) is 0 Å². The molecule has 0 aliphatic carbocycles. The molecule has 1 fully saturated rings. The Morgan fingerprint density at radius 1 is 1.16 bits per heavy atom. The zero-order valence-corrected chi connectivity index (χ0v) is 19.2. The number of carbonyl (C=O) groups is 2. The first kappa shape index (κ1) is 24.2. The van der Waals surface area contributed by atoms with Gasteiger partial charge >= 0.3 is 7.12 Å². The van der Waals surface area contributed by atoms with E-state index in [9.17, 15) is 19.6 Å². The van der Waals surface area contributed by atoms with E-state index in [4.69, 9.17) is 4.74 Å². The Labute approximate surface area is 190 Å². The van der Waals surface area contributed by atoms with Crippen molar-refractivity contribution in [2.45, 2.75) is 46.1 Å². The van der Waals surface area contributed by atoms with E-state index >= 15 is 0 Å². The topological polar surface area (TPSA) is 90.3 Å². The number of hydrogen-bond acceptors (Lipinski definition) is 5. The highest BCUT2D eigenvalue weighted by Gasteiger charge is 2.33. The zero-order chi connectivity index (χ0) is 23.3. The third-order valence-electron chi connectivity index (χ3n) is 5.91. The number of ether oxygens (including phenoxy) is 1. The molecule has 2 aromatic carbocycles. The molecule has 172 valence electrons. The maximum atomic E-state index is 13.2. The van der Waals surface area contributed by atoms with Gasteiger partial charge in [0.1, 0.15) is 0 Å². The summed E-state index contributed by atoms with van der Waals surface area (Å²) < 4.78 is 5.37. The van der Waals surface area contributed by atoms with Crippen molar-refractivity contribution < 1.29 is 24.4 Å². The van der Waals surface area contributed by atoms with Crippen molar-refractivity contribution in [2.24, 2.45) is 5.92 Å². The van der Waals surface area contributed by atoms with Gasteiger partial charge < -0.3 is 24.6 Å². The maximum absolute atomic E-state index is 13.2. The first-order chi connectivity index (χ1) is 15.3. The lowest BCUT2D eigenvalue weighted by molar-refractivity contribution is -0.133. The summed E-state index contributed by atoms with van der Waals surface area (Å²) in [6, 6.07) is 11.5. The van der Waals surface area contributed by atoms with Crippen LogP contribution >= 0.6 is 0 Å². The van der Waals surface area contributed by atoms with Gasteiger partial charge in [0, 0.05) is 31.6 Å². The first-order valence-electron chi connectivity index (χ1n) is 11.4. The van der Waals surface area contributed by atoms with E-state index in [-0.39, 0.29) is 30.7 Å². The van der Waals surface area contributed by atoms with E-state index in [0.717, 1.165) is 16.3 Å². The summed E-state index contributed by atoms with van der Waals surface area (Å²) in [7, 11) is -1.64. The number of hydrogen-bond donors (Lipinski definition) is 2. The normalized spacial score (nSPS) is 15.1. The number of rotatable bonds is 8. The fourth-order valence-corrected chi connectivity index (χ4v) is 4.26. The molecule has 1 atom stereocenters. The molecule has 0 radical (unpaired) electrons. The van der Waals surface area contributed by atoms with E-state index < -0.39 is 13.1 Å². The fourth-order valence-electron chi connectivity index (χ4n) is 4.26. The van der Waals surface area contributed by atoms with Crippen LogP contribution < -0.4 is 0 Å². The third kappa shape index (κ3) is 5.68. The van der Waals surface area contributed by atoms with Gasteiger partial charge in [0.2, 0.25) is 5.91 Å².